The van der Waals surface area contributed by atoms with Crippen molar-refractivity contribution < 1.29 is 0 Å². The van der Waals surface area contributed by atoms with E-state index < -0.39 is 0 Å². The first-order chi connectivity index (χ1) is 6.79. The molecule has 0 amide bonds. The van der Waals surface area contributed by atoms with Crippen molar-refractivity contribution in [3.8, 4) is 0 Å². The Morgan fingerprint density at radius 3 is 2.33 bits per heavy atom. The third-order valence-corrected chi connectivity index (χ3v) is 2.05. The molecule has 0 fully saturated rings. The number of aromatic nitrogens is 1. The lowest BCUT2D eigenvalue weighted by Gasteiger charge is -2.27. The van der Waals surface area contributed by atoms with Crippen LogP contribution in [0.3, 0.4) is 0 Å². The van der Waals surface area contributed by atoms with Gasteiger partial charge in [0.1, 0.15) is 11.6 Å². The molecule has 4 nitrogen and oxygen atoms in total. The van der Waals surface area contributed by atoms with Crippen molar-refractivity contribution in [2.45, 2.75) is 20.8 Å². The Kier molecular flexibility index (Phi) is 3.07. The fraction of sp³-hybridized carbons (Fsp3) is 0.545. The molecule has 0 spiro atoms. The second-order valence-corrected chi connectivity index (χ2v) is 5.06. The molecule has 1 aromatic heterocycles. The summed E-state index contributed by atoms with van der Waals surface area (Å²) in [7, 11) is 2.00. The summed E-state index contributed by atoms with van der Waals surface area (Å²) in [6, 6.07) is 3.67. The summed E-state index contributed by atoms with van der Waals surface area (Å²) in [6.07, 6.45) is 0. The summed E-state index contributed by atoms with van der Waals surface area (Å²) in [5.74, 6) is 1.25. The third kappa shape index (κ3) is 3.31. The SMILES string of the molecule is CN(CC(C)(C)C)c1ccc(N)c(N)n1. The van der Waals surface area contributed by atoms with Crippen LogP contribution in [0.15, 0.2) is 12.1 Å². The third-order valence-electron chi connectivity index (χ3n) is 2.05. The fourth-order valence-corrected chi connectivity index (χ4v) is 1.48. The van der Waals surface area contributed by atoms with Gasteiger partial charge in [0.25, 0.3) is 0 Å². The molecular weight excluding hydrogens is 188 g/mol. The normalized spacial score (nSPS) is 11.5. The molecule has 84 valence electrons. The van der Waals surface area contributed by atoms with Crippen LogP contribution in [-0.2, 0) is 0 Å². The zero-order chi connectivity index (χ0) is 11.6. The maximum atomic E-state index is 5.66. The van der Waals surface area contributed by atoms with Gasteiger partial charge >= 0.3 is 0 Å². The van der Waals surface area contributed by atoms with E-state index in [-0.39, 0.29) is 5.41 Å². The molecule has 1 heterocycles. The Morgan fingerprint density at radius 2 is 1.87 bits per heavy atom. The van der Waals surface area contributed by atoms with Crippen molar-refractivity contribution >= 4 is 17.3 Å². The van der Waals surface area contributed by atoms with Gasteiger partial charge in [-0.15, -0.1) is 0 Å². The smallest absolute Gasteiger partial charge is 0.149 e. The summed E-state index contributed by atoms with van der Waals surface area (Å²) in [5, 5.41) is 0. The van der Waals surface area contributed by atoms with Crippen LogP contribution in [0.1, 0.15) is 20.8 Å². The van der Waals surface area contributed by atoms with Gasteiger partial charge in [-0.2, -0.15) is 0 Å². The summed E-state index contributed by atoms with van der Waals surface area (Å²) < 4.78 is 0. The number of pyridine rings is 1. The Balaban J connectivity index is 2.83. The van der Waals surface area contributed by atoms with Crippen molar-refractivity contribution in [3.05, 3.63) is 12.1 Å². The number of anilines is 3. The van der Waals surface area contributed by atoms with E-state index >= 15 is 0 Å². The van der Waals surface area contributed by atoms with Gasteiger partial charge in [-0.3, -0.25) is 0 Å². The van der Waals surface area contributed by atoms with E-state index in [1.807, 2.05) is 13.1 Å². The monoisotopic (exact) mass is 208 g/mol. The highest BCUT2D eigenvalue weighted by atomic mass is 15.2. The lowest BCUT2D eigenvalue weighted by Crippen LogP contribution is -2.29. The van der Waals surface area contributed by atoms with E-state index in [2.05, 4.69) is 30.7 Å². The molecule has 0 aromatic carbocycles. The largest absolute Gasteiger partial charge is 0.396 e. The number of rotatable bonds is 2. The number of nitrogens with two attached hydrogens (primary N) is 2. The minimum atomic E-state index is 0.229. The Morgan fingerprint density at radius 1 is 1.27 bits per heavy atom. The zero-order valence-electron chi connectivity index (χ0n) is 9.91. The van der Waals surface area contributed by atoms with E-state index in [0.717, 1.165) is 12.4 Å². The molecule has 0 saturated carbocycles. The van der Waals surface area contributed by atoms with Crippen molar-refractivity contribution in [1.29, 1.82) is 0 Å². The van der Waals surface area contributed by atoms with E-state index in [0.29, 0.717) is 11.5 Å². The van der Waals surface area contributed by atoms with Crippen molar-refractivity contribution in [2.75, 3.05) is 30.0 Å². The summed E-state index contributed by atoms with van der Waals surface area (Å²) in [6.45, 7) is 7.47. The van der Waals surface area contributed by atoms with Gasteiger partial charge in [0.2, 0.25) is 0 Å². The Bertz CT molecular complexity index is 341. The molecule has 0 saturated heterocycles. The molecule has 0 bridgehead atoms. The molecular formula is C11H20N4. The van der Waals surface area contributed by atoms with Gasteiger partial charge in [-0.25, -0.2) is 4.98 Å². The van der Waals surface area contributed by atoms with Gasteiger partial charge in [-0.1, -0.05) is 20.8 Å². The molecule has 0 aliphatic rings. The number of hydrogen-bond acceptors (Lipinski definition) is 4. The van der Waals surface area contributed by atoms with Crippen molar-refractivity contribution in [2.24, 2.45) is 5.41 Å². The molecule has 0 aliphatic carbocycles. The molecule has 1 rings (SSSR count). The van der Waals surface area contributed by atoms with Crippen LogP contribution in [0.5, 0.6) is 0 Å². The molecule has 4 N–H and O–H groups in total. The van der Waals surface area contributed by atoms with Crippen LogP contribution in [0.4, 0.5) is 17.3 Å². The van der Waals surface area contributed by atoms with Gasteiger partial charge < -0.3 is 16.4 Å². The van der Waals surface area contributed by atoms with Crippen molar-refractivity contribution in [1.82, 2.24) is 4.98 Å². The van der Waals surface area contributed by atoms with Crippen molar-refractivity contribution in [3.63, 3.8) is 0 Å². The average molecular weight is 208 g/mol. The molecule has 1 aromatic rings. The molecule has 15 heavy (non-hydrogen) atoms. The number of nitrogens with zero attached hydrogens (tertiary/aromatic N) is 2. The first kappa shape index (κ1) is 11.6. The van der Waals surface area contributed by atoms with E-state index in [9.17, 15) is 0 Å². The van der Waals surface area contributed by atoms with Gasteiger partial charge in [0.15, 0.2) is 0 Å². The highest BCUT2D eigenvalue weighted by Crippen LogP contribution is 2.21. The fourth-order valence-electron chi connectivity index (χ4n) is 1.48. The first-order valence-corrected chi connectivity index (χ1v) is 5.03. The van der Waals surface area contributed by atoms with E-state index in [1.165, 1.54) is 0 Å². The summed E-state index contributed by atoms with van der Waals surface area (Å²) >= 11 is 0. The summed E-state index contributed by atoms with van der Waals surface area (Å²) in [5.41, 5.74) is 12.0. The highest BCUT2D eigenvalue weighted by Gasteiger charge is 2.14. The van der Waals surface area contributed by atoms with Crippen LogP contribution >= 0.6 is 0 Å². The number of hydrogen-bond donors (Lipinski definition) is 2. The average Bonchev–Trinajstić information content (AvgIpc) is 2.06. The van der Waals surface area contributed by atoms with Crippen LogP contribution in [-0.4, -0.2) is 18.6 Å². The summed E-state index contributed by atoms with van der Waals surface area (Å²) in [4.78, 5) is 6.31. The topological polar surface area (TPSA) is 68.2 Å². The van der Waals surface area contributed by atoms with Crippen LogP contribution in [0, 0.1) is 5.41 Å². The van der Waals surface area contributed by atoms with Crippen LogP contribution in [0.25, 0.3) is 0 Å². The van der Waals surface area contributed by atoms with E-state index in [4.69, 9.17) is 11.5 Å². The van der Waals surface area contributed by atoms with Gasteiger partial charge in [-0.05, 0) is 17.5 Å². The second kappa shape index (κ2) is 3.96. The number of nitrogen functional groups attached to an aromatic ring is 2. The first-order valence-electron chi connectivity index (χ1n) is 5.03. The maximum absolute atomic E-state index is 5.66. The maximum Gasteiger partial charge on any atom is 0.149 e. The minimum absolute atomic E-state index is 0.229. The predicted molar refractivity (Wildman–Crippen MR) is 65.8 cm³/mol. The Labute approximate surface area is 91.3 Å². The van der Waals surface area contributed by atoms with Crippen LogP contribution in [0.2, 0.25) is 0 Å². The lowest BCUT2D eigenvalue weighted by molar-refractivity contribution is 0.418. The molecule has 0 unspecified atom stereocenters. The Hall–Kier alpha value is -1.45. The van der Waals surface area contributed by atoms with Crippen LogP contribution < -0.4 is 16.4 Å². The standard InChI is InChI=1S/C11H20N4/c1-11(2,3)7-15(4)9-6-5-8(12)10(13)14-9/h5-6H,7,12H2,1-4H3,(H2,13,14). The molecule has 0 aliphatic heterocycles. The molecule has 0 atom stereocenters. The van der Waals surface area contributed by atoms with Gasteiger partial charge in [0, 0.05) is 13.6 Å². The highest BCUT2D eigenvalue weighted by molar-refractivity contribution is 5.62. The second-order valence-electron chi connectivity index (χ2n) is 5.06. The predicted octanol–water partition coefficient (Wildman–Crippen LogP) is 1.73. The molecule has 0 radical (unpaired) electrons. The lowest BCUT2D eigenvalue weighted by atomic mass is 9.96. The van der Waals surface area contributed by atoms with E-state index in [1.54, 1.807) is 6.07 Å². The molecule has 4 heteroatoms. The quantitative estimate of drug-likeness (QED) is 0.776. The minimum Gasteiger partial charge on any atom is -0.396 e. The van der Waals surface area contributed by atoms with Gasteiger partial charge in [0.05, 0.1) is 5.69 Å². The zero-order valence-corrected chi connectivity index (χ0v) is 9.91.